The molecule has 1 aromatic heterocycles. The minimum Gasteiger partial charge on any atom is -0.333 e. The Balaban J connectivity index is 1.52. The topological polar surface area (TPSA) is 34.4 Å². The average Bonchev–Trinajstić information content (AvgIpc) is 3.26. The fourth-order valence-electron chi connectivity index (χ4n) is 3.37. The van der Waals surface area contributed by atoms with E-state index in [-0.39, 0.29) is 0 Å². The van der Waals surface area contributed by atoms with Crippen molar-refractivity contribution >= 4 is 0 Å². The lowest BCUT2D eigenvalue weighted by atomic mass is 9.97. The van der Waals surface area contributed by atoms with E-state index in [1.54, 1.807) is 6.20 Å². The summed E-state index contributed by atoms with van der Waals surface area (Å²) in [5.41, 5.74) is 6.40. The van der Waals surface area contributed by atoms with Crippen molar-refractivity contribution in [3.05, 3.63) is 120 Å². The van der Waals surface area contributed by atoms with E-state index in [0.717, 1.165) is 12.2 Å². The fraction of sp³-hybridized carbons (Fsp3) is 0.125. The second kappa shape index (κ2) is 8.02. The Morgan fingerprint density at radius 2 is 1.56 bits per heavy atom. The third kappa shape index (κ3) is 4.15. The van der Waals surface area contributed by atoms with Crippen LogP contribution in [-0.2, 0) is 6.54 Å². The van der Waals surface area contributed by atoms with Crippen molar-refractivity contribution in [2.24, 2.45) is 0 Å². The van der Waals surface area contributed by atoms with Gasteiger partial charge in [0.05, 0.1) is 6.33 Å². The predicted molar refractivity (Wildman–Crippen MR) is 109 cm³/mol. The highest BCUT2D eigenvalue weighted by molar-refractivity contribution is 5.34. The van der Waals surface area contributed by atoms with Crippen molar-refractivity contribution in [2.75, 3.05) is 0 Å². The van der Waals surface area contributed by atoms with Gasteiger partial charge >= 0.3 is 0 Å². The van der Waals surface area contributed by atoms with Crippen LogP contribution in [0.15, 0.2) is 97.6 Å². The Bertz CT molecular complexity index is 957. The summed E-state index contributed by atoms with van der Waals surface area (Å²) in [7, 11) is 0. The summed E-state index contributed by atoms with van der Waals surface area (Å²) in [5.74, 6) is 0. The number of rotatable bonds is 6. The van der Waals surface area contributed by atoms with E-state index in [0.29, 0.717) is 6.04 Å². The van der Waals surface area contributed by atoms with Crippen LogP contribution in [0.2, 0.25) is 0 Å². The summed E-state index contributed by atoms with van der Waals surface area (Å²) in [6, 6.07) is 28.6. The number of aromatic nitrogens is 2. The Morgan fingerprint density at radius 1 is 0.852 bits per heavy atom. The lowest BCUT2D eigenvalue weighted by molar-refractivity contribution is -0.702. The maximum atomic E-state index is 4.11. The van der Waals surface area contributed by atoms with E-state index in [9.17, 15) is 0 Å². The average molecular weight is 354 g/mol. The fourth-order valence-corrected chi connectivity index (χ4v) is 3.37. The molecule has 0 bridgehead atoms. The molecular weight excluding hydrogens is 330 g/mol. The molecule has 0 aliphatic carbocycles. The van der Waals surface area contributed by atoms with Gasteiger partial charge in [0.15, 0.2) is 0 Å². The quantitative estimate of drug-likeness (QED) is 0.557. The van der Waals surface area contributed by atoms with Gasteiger partial charge in [-0.1, -0.05) is 72.3 Å². The maximum Gasteiger partial charge on any atom is 0.138 e. The molecule has 3 nitrogen and oxygen atoms in total. The minimum absolute atomic E-state index is 0.292. The van der Waals surface area contributed by atoms with Gasteiger partial charge in [0, 0.05) is 34.8 Å². The predicted octanol–water partition coefficient (Wildman–Crippen LogP) is 4.03. The first kappa shape index (κ1) is 17.3. The molecule has 2 N–H and O–H groups in total. The summed E-state index contributed by atoms with van der Waals surface area (Å²) in [4.78, 5) is 4.11. The van der Waals surface area contributed by atoms with Crippen LogP contribution in [-0.4, -0.2) is 9.55 Å². The van der Waals surface area contributed by atoms with Gasteiger partial charge < -0.3 is 9.88 Å². The molecule has 134 valence electrons. The Morgan fingerprint density at radius 3 is 2.22 bits per heavy atom. The van der Waals surface area contributed by atoms with Gasteiger partial charge in [-0.3, -0.25) is 0 Å². The Hall–Kier alpha value is -3.17. The highest BCUT2D eigenvalue weighted by atomic mass is 15.0. The van der Waals surface area contributed by atoms with E-state index in [1.165, 1.54) is 22.3 Å². The van der Waals surface area contributed by atoms with Crippen molar-refractivity contribution in [2.45, 2.75) is 19.5 Å². The van der Waals surface area contributed by atoms with Gasteiger partial charge in [-0.2, -0.15) is 0 Å². The largest absolute Gasteiger partial charge is 0.333 e. The zero-order chi connectivity index (χ0) is 18.5. The van der Waals surface area contributed by atoms with Crippen molar-refractivity contribution in [3.63, 3.8) is 0 Å². The van der Waals surface area contributed by atoms with E-state index in [1.807, 2.05) is 17.1 Å². The standard InChI is InChI=1S/C24H23N3/c1-19-7-11-22(12-8-19)24(21-5-3-2-4-6-21)26-17-20-9-13-23(14-10-20)27-16-15-25-18-27/h2-16,18,24,26H,17H2,1H3/p+1/t24-/m1/s1. The Kier molecular flexibility index (Phi) is 5.13. The molecule has 0 radical (unpaired) electrons. The number of quaternary nitrogens is 1. The number of benzene rings is 3. The van der Waals surface area contributed by atoms with Crippen LogP contribution in [0.4, 0.5) is 0 Å². The lowest BCUT2D eigenvalue weighted by Crippen LogP contribution is -2.83. The van der Waals surface area contributed by atoms with Gasteiger partial charge in [0.1, 0.15) is 12.6 Å². The molecule has 0 saturated carbocycles. The molecule has 27 heavy (non-hydrogen) atoms. The monoisotopic (exact) mass is 354 g/mol. The number of nitrogens with zero attached hydrogens (tertiary/aromatic N) is 2. The Labute approximate surface area is 160 Å². The van der Waals surface area contributed by atoms with Crippen LogP contribution in [0.25, 0.3) is 5.69 Å². The first-order valence-corrected chi connectivity index (χ1v) is 9.32. The normalized spacial score (nSPS) is 12.0. The smallest absolute Gasteiger partial charge is 0.138 e. The molecule has 1 heterocycles. The molecule has 0 unspecified atom stereocenters. The molecule has 3 aromatic carbocycles. The summed E-state index contributed by atoms with van der Waals surface area (Å²) in [6.45, 7) is 3.06. The molecular formula is C24H24N3+. The van der Waals surface area contributed by atoms with Gasteiger partial charge in [-0.25, -0.2) is 4.98 Å². The summed E-state index contributed by atoms with van der Waals surface area (Å²) >= 11 is 0. The van der Waals surface area contributed by atoms with Crippen molar-refractivity contribution < 1.29 is 5.32 Å². The molecule has 4 rings (SSSR count). The van der Waals surface area contributed by atoms with Crippen molar-refractivity contribution in [1.82, 2.24) is 9.55 Å². The van der Waals surface area contributed by atoms with Crippen molar-refractivity contribution in [1.29, 1.82) is 0 Å². The molecule has 0 spiro atoms. The lowest BCUT2D eigenvalue weighted by Gasteiger charge is -2.17. The number of aryl methyl sites for hydroxylation is 1. The van der Waals surface area contributed by atoms with Gasteiger partial charge in [0.25, 0.3) is 0 Å². The van der Waals surface area contributed by atoms with Crippen molar-refractivity contribution in [3.8, 4) is 5.69 Å². The maximum absolute atomic E-state index is 4.11. The molecule has 1 atom stereocenters. The molecule has 3 heteroatoms. The summed E-state index contributed by atoms with van der Waals surface area (Å²) in [6.07, 6.45) is 5.58. The number of nitrogens with two attached hydrogens (primary N) is 1. The third-order valence-electron chi connectivity index (χ3n) is 4.92. The number of imidazole rings is 1. The highest BCUT2D eigenvalue weighted by Crippen LogP contribution is 2.19. The minimum atomic E-state index is 0.292. The van der Waals surface area contributed by atoms with E-state index in [2.05, 4.69) is 96.1 Å². The second-order valence-electron chi connectivity index (χ2n) is 6.88. The highest BCUT2D eigenvalue weighted by Gasteiger charge is 2.17. The van der Waals surface area contributed by atoms with E-state index < -0.39 is 0 Å². The SMILES string of the molecule is Cc1ccc([C@H]([NH2+]Cc2ccc(-n3ccnc3)cc2)c2ccccc2)cc1. The van der Waals surface area contributed by atoms with Crippen LogP contribution in [0.3, 0.4) is 0 Å². The zero-order valence-corrected chi connectivity index (χ0v) is 15.5. The number of hydrogen-bond donors (Lipinski definition) is 1. The van der Waals surface area contributed by atoms with Crippen LogP contribution in [0.5, 0.6) is 0 Å². The van der Waals surface area contributed by atoms with Crippen LogP contribution >= 0.6 is 0 Å². The first-order chi connectivity index (χ1) is 13.3. The third-order valence-corrected chi connectivity index (χ3v) is 4.92. The van der Waals surface area contributed by atoms with E-state index in [4.69, 9.17) is 0 Å². The van der Waals surface area contributed by atoms with Gasteiger partial charge in [-0.05, 0) is 19.1 Å². The molecule has 0 aliphatic heterocycles. The second-order valence-corrected chi connectivity index (χ2v) is 6.88. The molecule has 0 aliphatic rings. The zero-order valence-electron chi connectivity index (χ0n) is 15.5. The molecule has 0 fully saturated rings. The van der Waals surface area contributed by atoms with E-state index >= 15 is 0 Å². The van der Waals surface area contributed by atoms with Crippen LogP contribution < -0.4 is 5.32 Å². The van der Waals surface area contributed by atoms with Crippen LogP contribution in [0, 0.1) is 6.92 Å². The first-order valence-electron chi connectivity index (χ1n) is 9.32. The molecule has 4 aromatic rings. The molecule has 0 amide bonds. The number of hydrogen-bond acceptors (Lipinski definition) is 1. The summed E-state index contributed by atoms with van der Waals surface area (Å²) in [5, 5.41) is 2.41. The van der Waals surface area contributed by atoms with Gasteiger partial charge in [-0.15, -0.1) is 0 Å². The van der Waals surface area contributed by atoms with Crippen LogP contribution in [0.1, 0.15) is 28.3 Å². The molecule has 0 saturated heterocycles. The summed E-state index contributed by atoms with van der Waals surface area (Å²) < 4.78 is 2.02. The van der Waals surface area contributed by atoms with Gasteiger partial charge in [0.2, 0.25) is 0 Å².